The molecular weight excluding hydrogens is 218 g/mol. The van der Waals surface area contributed by atoms with Gasteiger partial charge in [-0.2, -0.15) is 0 Å². The van der Waals surface area contributed by atoms with Crippen molar-refractivity contribution in [1.82, 2.24) is 0 Å². The number of rotatable bonds is 5. The van der Waals surface area contributed by atoms with Gasteiger partial charge in [0.1, 0.15) is 0 Å². The summed E-state index contributed by atoms with van der Waals surface area (Å²) in [5, 5.41) is 8.83. The molecule has 1 aromatic carbocycles. The van der Waals surface area contributed by atoms with E-state index in [0.29, 0.717) is 6.42 Å². The zero-order chi connectivity index (χ0) is 12.0. The fourth-order valence-electron chi connectivity index (χ4n) is 1.50. The van der Waals surface area contributed by atoms with Gasteiger partial charge in [-0.15, -0.1) is 11.8 Å². The Hall–Kier alpha value is -1.06. The van der Waals surface area contributed by atoms with Gasteiger partial charge >= 0.3 is 0 Å². The van der Waals surface area contributed by atoms with E-state index in [1.165, 1.54) is 0 Å². The van der Waals surface area contributed by atoms with Crippen molar-refractivity contribution >= 4 is 23.4 Å². The maximum atomic E-state index is 8.83. The Bertz CT molecular complexity index is 381. The fraction of sp³-hybridized carbons (Fsp3) is 0.308. The number of aliphatic hydroxyl groups excluding tert-OH is 1. The van der Waals surface area contributed by atoms with E-state index in [2.05, 4.69) is 23.8 Å². The quantitative estimate of drug-likeness (QED) is 0.796. The maximum Gasteiger partial charge on any atom is 0.0506 e. The van der Waals surface area contributed by atoms with Gasteiger partial charge in [0.05, 0.1) is 5.70 Å². The highest BCUT2D eigenvalue weighted by Crippen LogP contribution is 2.29. The van der Waals surface area contributed by atoms with Crippen LogP contribution in [0.4, 0.5) is 0 Å². The van der Waals surface area contributed by atoms with Crippen LogP contribution in [0.25, 0.3) is 4.91 Å². The zero-order valence-corrected chi connectivity index (χ0v) is 10.5. The summed E-state index contributed by atoms with van der Waals surface area (Å²) in [6.45, 7) is 5.70. The number of nitrogens with zero attached hydrogens (tertiary/aromatic N) is 1. The average Bonchev–Trinajstić information content (AvgIpc) is 2.32. The molecule has 0 bridgehead atoms. The minimum atomic E-state index is 0.192. The molecule has 86 valence electrons. The van der Waals surface area contributed by atoms with Crippen LogP contribution in [0.3, 0.4) is 0 Å². The molecule has 2 nitrogen and oxygen atoms in total. The van der Waals surface area contributed by atoms with Crippen molar-refractivity contribution < 1.29 is 5.11 Å². The van der Waals surface area contributed by atoms with Gasteiger partial charge in [0, 0.05) is 11.5 Å². The first-order valence-electron chi connectivity index (χ1n) is 5.14. The van der Waals surface area contributed by atoms with Gasteiger partial charge < -0.3 is 5.11 Å². The summed E-state index contributed by atoms with van der Waals surface area (Å²) in [7, 11) is 0. The second kappa shape index (κ2) is 6.51. The maximum absolute atomic E-state index is 8.83. The molecule has 0 aromatic heterocycles. The fourth-order valence-corrected chi connectivity index (χ4v) is 2.23. The van der Waals surface area contributed by atoms with Gasteiger partial charge in [0.25, 0.3) is 0 Å². The highest BCUT2D eigenvalue weighted by atomic mass is 32.2. The Morgan fingerprint density at radius 3 is 2.44 bits per heavy atom. The Morgan fingerprint density at radius 1 is 1.38 bits per heavy atom. The first kappa shape index (κ1) is 13.0. The lowest BCUT2D eigenvalue weighted by molar-refractivity contribution is 0.299. The molecule has 0 fully saturated rings. The normalized spacial score (nSPS) is 12.2. The van der Waals surface area contributed by atoms with Crippen LogP contribution in [-0.2, 0) is 6.42 Å². The van der Waals surface area contributed by atoms with E-state index in [0.717, 1.165) is 21.7 Å². The lowest BCUT2D eigenvalue weighted by atomic mass is 10.1. The van der Waals surface area contributed by atoms with Crippen molar-refractivity contribution in [1.29, 1.82) is 0 Å². The molecule has 1 N–H and O–H groups in total. The van der Waals surface area contributed by atoms with Gasteiger partial charge in [-0.25, -0.2) is 0 Å². The SMILES string of the molecule is C=N/C(C)=C(\SC)c1ccc(CCO)cc1. The van der Waals surface area contributed by atoms with E-state index in [4.69, 9.17) is 5.11 Å². The Balaban J connectivity index is 3.00. The minimum absolute atomic E-state index is 0.192. The van der Waals surface area contributed by atoms with Crippen LogP contribution in [0.5, 0.6) is 0 Å². The second-order valence-corrected chi connectivity index (χ2v) is 4.26. The molecule has 16 heavy (non-hydrogen) atoms. The van der Waals surface area contributed by atoms with Crippen LogP contribution in [0.15, 0.2) is 35.0 Å². The summed E-state index contributed by atoms with van der Waals surface area (Å²) in [6, 6.07) is 8.20. The summed E-state index contributed by atoms with van der Waals surface area (Å²) in [5.41, 5.74) is 3.25. The second-order valence-electron chi connectivity index (χ2n) is 3.45. The third kappa shape index (κ3) is 3.22. The van der Waals surface area contributed by atoms with E-state index >= 15 is 0 Å². The van der Waals surface area contributed by atoms with Crippen LogP contribution in [0.2, 0.25) is 0 Å². The van der Waals surface area contributed by atoms with E-state index in [-0.39, 0.29) is 6.61 Å². The van der Waals surface area contributed by atoms with Crippen molar-refractivity contribution in [3.8, 4) is 0 Å². The van der Waals surface area contributed by atoms with E-state index in [9.17, 15) is 0 Å². The van der Waals surface area contributed by atoms with Crippen molar-refractivity contribution in [3.63, 3.8) is 0 Å². The molecule has 1 rings (SSSR count). The van der Waals surface area contributed by atoms with E-state index < -0.39 is 0 Å². The number of aliphatic hydroxyl groups is 1. The standard InChI is InChI=1S/C13H17NOS/c1-10(14-2)13(16-3)12-6-4-11(5-7-12)8-9-15/h4-7,15H,2,8-9H2,1,3H3/b13-10-. The summed E-state index contributed by atoms with van der Waals surface area (Å²) < 4.78 is 0. The molecule has 0 saturated heterocycles. The van der Waals surface area contributed by atoms with Gasteiger partial charge in [-0.3, -0.25) is 4.99 Å². The molecule has 0 spiro atoms. The zero-order valence-electron chi connectivity index (χ0n) is 9.73. The number of benzene rings is 1. The summed E-state index contributed by atoms with van der Waals surface area (Å²) >= 11 is 1.67. The van der Waals surface area contributed by atoms with Crippen LogP contribution in [-0.4, -0.2) is 24.7 Å². The predicted octanol–water partition coefficient (Wildman–Crippen LogP) is 2.97. The first-order valence-corrected chi connectivity index (χ1v) is 6.37. The van der Waals surface area contributed by atoms with Crippen LogP contribution in [0.1, 0.15) is 18.1 Å². The number of aliphatic imine (C=N–C) groups is 1. The summed E-state index contributed by atoms with van der Waals surface area (Å²) in [5.74, 6) is 0. The molecule has 0 radical (unpaired) electrons. The van der Waals surface area contributed by atoms with Gasteiger partial charge in [0.15, 0.2) is 0 Å². The van der Waals surface area contributed by atoms with Crippen molar-refractivity contribution in [2.24, 2.45) is 4.99 Å². The van der Waals surface area contributed by atoms with Gasteiger partial charge in [-0.05, 0) is 37.4 Å². The monoisotopic (exact) mass is 235 g/mol. The lowest BCUT2D eigenvalue weighted by Crippen LogP contribution is -1.91. The summed E-state index contributed by atoms with van der Waals surface area (Å²) in [6.07, 6.45) is 2.74. The topological polar surface area (TPSA) is 32.6 Å². The Kier molecular flexibility index (Phi) is 5.29. The Morgan fingerprint density at radius 2 is 2.00 bits per heavy atom. The molecular formula is C13H17NOS. The molecule has 0 unspecified atom stereocenters. The van der Waals surface area contributed by atoms with E-state index in [1.54, 1.807) is 11.8 Å². The largest absolute Gasteiger partial charge is 0.396 e. The molecule has 0 saturated carbocycles. The van der Waals surface area contributed by atoms with Crippen LogP contribution < -0.4 is 0 Å². The highest BCUT2D eigenvalue weighted by molar-refractivity contribution is 8.07. The average molecular weight is 235 g/mol. The smallest absolute Gasteiger partial charge is 0.0506 e. The Labute approximate surface area is 101 Å². The minimum Gasteiger partial charge on any atom is -0.396 e. The van der Waals surface area contributed by atoms with Crippen molar-refractivity contribution in [2.45, 2.75) is 13.3 Å². The molecule has 0 atom stereocenters. The molecule has 0 aliphatic carbocycles. The number of hydrogen-bond donors (Lipinski definition) is 1. The molecule has 3 heteroatoms. The van der Waals surface area contributed by atoms with E-state index in [1.807, 2.05) is 25.3 Å². The number of hydrogen-bond acceptors (Lipinski definition) is 3. The van der Waals surface area contributed by atoms with Crippen LogP contribution in [0, 0.1) is 0 Å². The number of thioether (sulfide) groups is 1. The van der Waals surface area contributed by atoms with Gasteiger partial charge in [0.2, 0.25) is 0 Å². The molecule has 0 aliphatic heterocycles. The predicted molar refractivity (Wildman–Crippen MR) is 72.9 cm³/mol. The lowest BCUT2D eigenvalue weighted by Gasteiger charge is -2.07. The van der Waals surface area contributed by atoms with Gasteiger partial charge in [-0.1, -0.05) is 24.3 Å². The number of allylic oxidation sites excluding steroid dienone is 1. The third-order valence-electron chi connectivity index (χ3n) is 2.39. The highest BCUT2D eigenvalue weighted by Gasteiger charge is 2.03. The third-order valence-corrected chi connectivity index (χ3v) is 3.33. The molecule has 0 amide bonds. The van der Waals surface area contributed by atoms with Crippen LogP contribution >= 0.6 is 11.8 Å². The first-order chi connectivity index (χ1) is 7.72. The van der Waals surface area contributed by atoms with Crippen molar-refractivity contribution in [3.05, 3.63) is 41.1 Å². The molecule has 0 heterocycles. The molecule has 0 aliphatic rings. The van der Waals surface area contributed by atoms with Crippen molar-refractivity contribution in [2.75, 3.05) is 12.9 Å². The molecule has 1 aromatic rings. The summed E-state index contributed by atoms with van der Waals surface area (Å²) in [4.78, 5) is 5.11.